The van der Waals surface area contributed by atoms with Gasteiger partial charge in [-0.15, -0.1) is 0 Å². The lowest BCUT2D eigenvalue weighted by molar-refractivity contribution is -0.121. The molecule has 0 unspecified atom stereocenters. The van der Waals surface area contributed by atoms with E-state index >= 15 is 0 Å². The van der Waals surface area contributed by atoms with Crippen molar-refractivity contribution in [2.75, 3.05) is 20.2 Å². The Bertz CT molecular complexity index is 693. The quantitative estimate of drug-likeness (QED) is 0.910. The maximum Gasteiger partial charge on any atom is 0.217 e. The molecular formula is C20H25N3O2. The second-order valence-corrected chi connectivity index (χ2v) is 6.63. The SMILES string of the molecule is COc1ccc(C2(NC(C)=O)CCN(Cc3cccnc3)CC2)cc1. The van der Waals surface area contributed by atoms with Gasteiger partial charge in [0.2, 0.25) is 5.91 Å². The summed E-state index contributed by atoms with van der Waals surface area (Å²) in [6.07, 6.45) is 5.49. The molecule has 1 aliphatic rings. The predicted octanol–water partition coefficient (Wildman–Crippen LogP) is 2.72. The fourth-order valence-electron chi connectivity index (χ4n) is 3.58. The molecule has 0 aliphatic carbocycles. The van der Waals surface area contributed by atoms with E-state index in [1.54, 1.807) is 20.2 Å². The number of pyridine rings is 1. The predicted molar refractivity (Wildman–Crippen MR) is 97.2 cm³/mol. The van der Waals surface area contributed by atoms with Gasteiger partial charge < -0.3 is 10.1 Å². The van der Waals surface area contributed by atoms with Gasteiger partial charge in [0.15, 0.2) is 0 Å². The molecule has 1 saturated heterocycles. The fourth-order valence-corrected chi connectivity index (χ4v) is 3.58. The topological polar surface area (TPSA) is 54.5 Å². The summed E-state index contributed by atoms with van der Waals surface area (Å²) < 4.78 is 5.25. The van der Waals surface area contributed by atoms with Crippen LogP contribution in [0.3, 0.4) is 0 Å². The normalized spacial score (nSPS) is 17.0. The summed E-state index contributed by atoms with van der Waals surface area (Å²) in [5.74, 6) is 0.840. The van der Waals surface area contributed by atoms with Gasteiger partial charge in [0.25, 0.3) is 0 Å². The number of likely N-dealkylation sites (tertiary alicyclic amines) is 1. The Morgan fingerprint density at radius 3 is 2.52 bits per heavy atom. The number of ether oxygens (including phenoxy) is 1. The second-order valence-electron chi connectivity index (χ2n) is 6.63. The zero-order valence-corrected chi connectivity index (χ0v) is 14.9. The highest BCUT2D eigenvalue weighted by Crippen LogP contribution is 2.34. The zero-order valence-electron chi connectivity index (χ0n) is 14.9. The van der Waals surface area contributed by atoms with Gasteiger partial charge in [-0.3, -0.25) is 14.7 Å². The number of piperidine rings is 1. The Kier molecular flexibility index (Phi) is 5.34. The van der Waals surface area contributed by atoms with E-state index in [4.69, 9.17) is 4.74 Å². The van der Waals surface area contributed by atoms with Crippen molar-refractivity contribution in [1.29, 1.82) is 0 Å². The highest BCUT2D eigenvalue weighted by Gasteiger charge is 2.36. The van der Waals surface area contributed by atoms with Crippen LogP contribution >= 0.6 is 0 Å². The lowest BCUT2D eigenvalue weighted by Gasteiger charge is -2.42. The van der Waals surface area contributed by atoms with Gasteiger partial charge in [-0.1, -0.05) is 18.2 Å². The van der Waals surface area contributed by atoms with Gasteiger partial charge in [-0.25, -0.2) is 0 Å². The van der Waals surface area contributed by atoms with E-state index in [1.165, 1.54) is 5.56 Å². The van der Waals surface area contributed by atoms with Crippen molar-refractivity contribution in [1.82, 2.24) is 15.2 Å². The largest absolute Gasteiger partial charge is 0.497 e. The Balaban J connectivity index is 1.73. The molecule has 5 heteroatoms. The molecule has 0 saturated carbocycles. The van der Waals surface area contributed by atoms with Gasteiger partial charge in [0.05, 0.1) is 12.6 Å². The number of hydrogen-bond acceptors (Lipinski definition) is 4. The van der Waals surface area contributed by atoms with Crippen molar-refractivity contribution < 1.29 is 9.53 Å². The summed E-state index contributed by atoms with van der Waals surface area (Å²) in [7, 11) is 1.66. The number of nitrogens with zero attached hydrogens (tertiary/aromatic N) is 2. The summed E-state index contributed by atoms with van der Waals surface area (Å²) in [5.41, 5.74) is 2.06. The van der Waals surface area contributed by atoms with E-state index in [0.717, 1.165) is 43.8 Å². The number of amides is 1. The van der Waals surface area contributed by atoms with E-state index in [0.29, 0.717) is 0 Å². The van der Waals surface area contributed by atoms with Gasteiger partial charge in [-0.05, 0) is 42.2 Å². The van der Waals surface area contributed by atoms with Crippen molar-refractivity contribution in [3.05, 3.63) is 59.9 Å². The summed E-state index contributed by atoms with van der Waals surface area (Å²) in [5, 5.41) is 3.21. The van der Waals surface area contributed by atoms with Crippen molar-refractivity contribution in [2.45, 2.75) is 31.8 Å². The van der Waals surface area contributed by atoms with Crippen LogP contribution in [0.2, 0.25) is 0 Å². The third-order valence-electron chi connectivity index (χ3n) is 4.90. The van der Waals surface area contributed by atoms with Crippen LogP contribution in [0.25, 0.3) is 0 Å². The number of carbonyl (C=O) groups excluding carboxylic acids is 1. The van der Waals surface area contributed by atoms with Crippen LogP contribution in [0.15, 0.2) is 48.8 Å². The summed E-state index contributed by atoms with van der Waals surface area (Å²) in [6, 6.07) is 12.1. The number of hydrogen-bond donors (Lipinski definition) is 1. The molecule has 0 atom stereocenters. The minimum absolute atomic E-state index is 0.0107. The Morgan fingerprint density at radius 1 is 1.24 bits per heavy atom. The molecule has 132 valence electrons. The van der Waals surface area contributed by atoms with Crippen molar-refractivity contribution >= 4 is 5.91 Å². The van der Waals surface area contributed by atoms with Crippen LogP contribution in [0, 0.1) is 0 Å². The highest BCUT2D eigenvalue weighted by atomic mass is 16.5. The van der Waals surface area contributed by atoms with E-state index in [1.807, 2.05) is 24.4 Å². The van der Waals surface area contributed by atoms with E-state index in [2.05, 4.69) is 33.4 Å². The monoisotopic (exact) mass is 339 g/mol. The number of carbonyl (C=O) groups is 1. The maximum absolute atomic E-state index is 11.8. The van der Waals surface area contributed by atoms with E-state index < -0.39 is 0 Å². The first-order valence-electron chi connectivity index (χ1n) is 8.66. The van der Waals surface area contributed by atoms with Gasteiger partial charge in [0, 0.05) is 39.0 Å². The molecule has 2 heterocycles. The zero-order chi connectivity index (χ0) is 17.7. The number of nitrogens with one attached hydrogen (secondary N) is 1. The van der Waals surface area contributed by atoms with Gasteiger partial charge in [0.1, 0.15) is 5.75 Å². The van der Waals surface area contributed by atoms with E-state index in [-0.39, 0.29) is 11.4 Å². The maximum atomic E-state index is 11.8. The molecule has 25 heavy (non-hydrogen) atoms. The minimum Gasteiger partial charge on any atom is -0.497 e. The van der Waals surface area contributed by atoms with Crippen molar-refractivity contribution in [3.63, 3.8) is 0 Å². The first kappa shape index (κ1) is 17.4. The number of methoxy groups -OCH3 is 1. The molecule has 1 N–H and O–H groups in total. The molecule has 0 radical (unpaired) electrons. The average molecular weight is 339 g/mol. The van der Waals surface area contributed by atoms with Crippen LogP contribution in [0.1, 0.15) is 30.9 Å². The van der Waals surface area contributed by atoms with Crippen molar-refractivity contribution in [2.24, 2.45) is 0 Å². The summed E-state index contributed by atoms with van der Waals surface area (Å²) >= 11 is 0. The van der Waals surface area contributed by atoms with Crippen LogP contribution in [-0.4, -0.2) is 36.0 Å². The lowest BCUT2D eigenvalue weighted by atomic mass is 9.80. The molecular weight excluding hydrogens is 314 g/mol. The van der Waals surface area contributed by atoms with Crippen LogP contribution in [0.4, 0.5) is 0 Å². The minimum atomic E-state index is -0.302. The Labute approximate surface area is 149 Å². The number of rotatable bonds is 5. The summed E-state index contributed by atoms with van der Waals surface area (Å²) in [6.45, 7) is 4.35. The molecule has 0 spiro atoms. The number of benzene rings is 1. The molecule has 0 bridgehead atoms. The van der Waals surface area contributed by atoms with Crippen LogP contribution in [-0.2, 0) is 16.9 Å². The first-order valence-corrected chi connectivity index (χ1v) is 8.66. The highest BCUT2D eigenvalue weighted by molar-refractivity contribution is 5.74. The lowest BCUT2D eigenvalue weighted by Crippen LogP contribution is -2.52. The third-order valence-corrected chi connectivity index (χ3v) is 4.90. The Hall–Kier alpha value is -2.40. The van der Waals surface area contributed by atoms with Crippen LogP contribution in [0.5, 0.6) is 5.75 Å². The molecule has 3 rings (SSSR count). The molecule has 2 aromatic rings. The third kappa shape index (κ3) is 4.17. The van der Waals surface area contributed by atoms with Gasteiger partial charge in [-0.2, -0.15) is 0 Å². The van der Waals surface area contributed by atoms with Crippen molar-refractivity contribution in [3.8, 4) is 5.75 Å². The Morgan fingerprint density at radius 2 is 1.96 bits per heavy atom. The molecule has 5 nitrogen and oxygen atoms in total. The molecule has 1 amide bonds. The van der Waals surface area contributed by atoms with E-state index in [9.17, 15) is 4.79 Å². The van der Waals surface area contributed by atoms with Crippen LogP contribution < -0.4 is 10.1 Å². The van der Waals surface area contributed by atoms with Gasteiger partial charge >= 0.3 is 0 Å². The standard InChI is InChI=1S/C20H25N3O2/c1-16(24)22-20(18-5-7-19(25-2)8-6-18)9-12-23(13-10-20)15-17-4-3-11-21-14-17/h3-8,11,14H,9-10,12-13,15H2,1-2H3,(H,22,24). The molecule has 1 aliphatic heterocycles. The number of aromatic nitrogens is 1. The second kappa shape index (κ2) is 7.66. The molecule has 1 fully saturated rings. The molecule has 1 aromatic carbocycles. The first-order chi connectivity index (χ1) is 12.1. The molecule has 1 aromatic heterocycles. The summed E-state index contributed by atoms with van der Waals surface area (Å²) in [4.78, 5) is 18.4. The smallest absolute Gasteiger partial charge is 0.217 e. The average Bonchev–Trinajstić information content (AvgIpc) is 2.64. The fraction of sp³-hybridized carbons (Fsp3) is 0.400.